The highest BCUT2D eigenvalue weighted by molar-refractivity contribution is 5.95. The highest BCUT2D eigenvalue weighted by Crippen LogP contribution is 2.59. The summed E-state index contributed by atoms with van der Waals surface area (Å²) in [5.74, 6) is -0.480. The fraction of sp³-hybridized carbons (Fsp3) is 0.533. The predicted octanol–water partition coefficient (Wildman–Crippen LogP) is 2.14. The molecule has 1 aromatic heterocycles. The Morgan fingerprint density at radius 3 is 2.71 bits per heavy atom. The first-order valence-corrected chi connectivity index (χ1v) is 6.93. The van der Waals surface area contributed by atoms with Gasteiger partial charge < -0.3 is 10.4 Å². The lowest BCUT2D eigenvalue weighted by Gasteiger charge is -2.03. The minimum Gasteiger partial charge on any atom is -0.480 e. The van der Waals surface area contributed by atoms with Crippen LogP contribution in [0, 0.1) is 17.3 Å². The smallest absolute Gasteiger partial charge is 0.325 e. The third kappa shape index (κ3) is 3.32. The highest BCUT2D eigenvalue weighted by atomic mass is 16.4. The van der Waals surface area contributed by atoms with E-state index in [9.17, 15) is 9.59 Å². The maximum atomic E-state index is 12.3. The van der Waals surface area contributed by atoms with Gasteiger partial charge in [0.1, 0.15) is 6.54 Å². The molecule has 0 aliphatic heterocycles. The van der Waals surface area contributed by atoms with E-state index in [2.05, 4.69) is 30.3 Å². The van der Waals surface area contributed by atoms with Crippen molar-refractivity contribution >= 4 is 17.7 Å². The molecule has 0 radical (unpaired) electrons. The number of hydrogen-bond donors (Lipinski definition) is 2. The monoisotopic (exact) mass is 291 g/mol. The Hall–Kier alpha value is -2.11. The van der Waals surface area contributed by atoms with E-state index >= 15 is 0 Å². The van der Waals surface area contributed by atoms with Crippen LogP contribution < -0.4 is 5.32 Å². The number of carbonyl (C=O) groups excluding carboxylic acids is 1. The number of anilines is 1. The average molecular weight is 291 g/mol. The van der Waals surface area contributed by atoms with Crippen LogP contribution in [0.3, 0.4) is 0 Å². The number of aliphatic carboxylic acids is 1. The van der Waals surface area contributed by atoms with Crippen molar-refractivity contribution < 1.29 is 14.7 Å². The van der Waals surface area contributed by atoms with Crippen LogP contribution in [0.1, 0.15) is 27.7 Å². The molecule has 0 aromatic carbocycles. The first kappa shape index (κ1) is 15.3. The number of carboxylic acid groups (broad SMARTS) is 1. The van der Waals surface area contributed by atoms with E-state index < -0.39 is 5.97 Å². The summed E-state index contributed by atoms with van der Waals surface area (Å²) in [6.07, 6.45) is 3.67. The molecule has 2 N–H and O–H groups in total. The zero-order valence-corrected chi connectivity index (χ0v) is 12.8. The number of carbonyl (C=O) groups is 2. The second-order valence-electron chi connectivity index (χ2n) is 6.35. The summed E-state index contributed by atoms with van der Waals surface area (Å²) in [6.45, 7) is 7.98. The van der Waals surface area contributed by atoms with Gasteiger partial charge in [-0.25, -0.2) is 0 Å². The van der Waals surface area contributed by atoms with Crippen molar-refractivity contribution in [3.8, 4) is 0 Å². The number of carboxylic acids is 1. The summed E-state index contributed by atoms with van der Waals surface area (Å²) in [5, 5.41) is 15.5. The van der Waals surface area contributed by atoms with Crippen LogP contribution in [-0.4, -0.2) is 26.8 Å². The Morgan fingerprint density at radius 1 is 1.48 bits per heavy atom. The minimum absolute atomic E-state index is 0.0506. The highest BCUT2D eigenvalue weighted by Gasteiger charge is 2.60. The van der Waals surface area contributed by atoms with Crippen molar-refractivity contribution in [2.45, 2.75) is 34.2 Å². The van der Waals surface area contributed by atoms with Crippen LogP contribution in [0.2, 0.25) is 0 Å². The number of nitrogens with zero attached hydrogens (tertiary/aromatic N) is 2. The Morgan fingerprint density at radius 2 is 2.14 bits per heavy atom. The largest absolute Gasteiger partial charge is 0.480 e. The SMILES string of the molecule is CC(C)=CC1C(C(=O)Nc2ccn(CC(=O)O)n2)C1(C)C. The maximum Gasteiger partial charge on any atom is 0.325 e. The van der Waals surface area contributed by atoms with Gasteiger partial charge in [0.25, 0.3) is 0 Å². The molecule has 2 atom stereocenters. The third-order valence-electron chi connectivity index (χ3n) is 3.90. The minimum atomic E-state index is -0.970. The Bertz CT molecular complexity index is 597. The van der Waals surface area contributed by atoms with Gasteiger partial charge in [-0.05, 0) is 25.2 Å². The summed E-state index contributed by atoms with van der Waals surface area (Å²) < 4.78 is 1.28. The lowest BCUT2D eigenvalue weighted by Crippen LogP contribution is -2.18. The number of amides is 1. The van der Waals surface area contributed by atoms with Crippen LogP contribution >= 0.6 is 0 Å². The van der Waals surface area contributed by atoms with Gasteiger partial charge in [-0.15, -0.1) is 0 Å². The molecule has 6 nitrogen and oxygen atoms in total. The summed E-state index contributed by atoms with van der Waals surface area (Å²) in [6, 6.07) is 1.60. The molecule has 0 spiro atoms. The van der Waals surface area contributed by atoms with E-state index in [1.165, 1.54) is 16.5 Å². The quantitative estimate of drug-likeness (QED) is 0.814. The zero-order valence-electron chi connectivity index (χ0n) is 12.8. The molecule has 1 amide bonds. The van der Waals surface area contributed by atoms with Gasteiger partial charge in [-0.3, -0.25) is 14.3 Å². The number of nitrogens with one attached hydrogen (secondary N) is 1. The number of allylic oxidation sites excluding steroid dienone is 2. The number of rotatable bonds is 5. The average Bonchev–Trinajstić information content (AvgIpc) is 2.67. The van der Waals surface area contributed by atoms with E-state index in [1.54, 1.807) is 6.07 Å². The Labute approximate surface area is 123 Å². The number of hydrogen-bond acceptors (Lipinski definition) is 3. The predicted molar refractivity (Wildman–Crippen MR) is 78.7 cm³/mol. The summed E-state index contributed by atoms with van der Waals surface area (Å²) in [7, 11) is 0. The lowest BCUT2D eigenvalue weighted by atomic mass is 10.1. The first-order valence-electron chi connectivity index (χ1n) is 6.93. The van der Waals surface area contributed by atoms with Gasteiger partial charge in [0.2, 0.25) is 5.91 Å². The molecule has 114 valence electrons. The molecule has 1 heterocycles. The molecule has 2 unspecified atom stereocenters. The van der Waals surface area contributed by atoms with Gasteiger partial charge in [-0.2, -0.15) is 5.10 Å². The van der Waals surface area contributed by atoms with Crippen LogP contribution in [0.15, 0.2) is 23.9 Å². The van der Waals surface area contributed by atoms with Crippen molar-refractivity contribution in [3.05, 3.63) is 23.9 Å². The second kappa shape index (κ2) is 5.35. The normalized spacial score (nSPS) is 22.5. The molecule has 2 rings (SSSR count). The fourth-order valence-electron chi connectivity index (χ4n) is 2.71. The molecule has 1 aliphatic rings. The van der Waals surface area contributed by atoms with Crippen molar-refractivity contribution in [2.24, 2.45) is 17.3 Å². The van der Waals surface area contributed by atoms with Crippen LogP contribution in [0.5, 0.6) is 0 Å². The van der Waals surface area contributed by atoms with Gasteiger partial charge in [-0.1, -0.05) is 25.5 Å². The molecule has 1 fully saturated rings. The fourth-order valence-corrected chi connectivity index (χ4v) is 2.71. The van der Waals surface area contributed by atoms with Crippen LogP contribution in [0.25, 0.3) is 0 Å². The van der Waals surface area contributed by atoms with Crippen molar-refractivity contribution in [1.82, 2.24) is 9.78 Å². The molecule has 0 saturated heterocycles. The van der Waals surface area contributed by atoms with Crippen LogP contribution in [0.4, 0.5) is 5.82 Å². The molecule has 21 heavy (non-hydrogen) atoms. The summed E-state index contributed by atoms with van der Waals surface area (Å²) in [4.78, 5) is 22.9. The summed E-state index contributed by atoms with van der Waals surface area (Å²) in [5.41, 5.74) is 1.15. The molecule has 1 aromatic rings. The van der Waals surface area contributed by atoms with Crippen LogP contribution in [-0.2, 0) is 16.1 Å². The van der Waals surface area contributed by atoms with Crippen molar-refractivity contribution in [1.29, 1.82) is 0 Å². The molecular formula is C15H21N3O3. The molecule has 0 bridgehead atoms. The van der Waals surface area contributed by atoms with Crippen molar-refractivity contribution in [2.75, 3.05) is 5.32 Å². The maximum absolute atomic E-state index is 12.3. The zero-order chi connectivity index (χ0) is 15.8. The van der Waals surface area contributed by atoms with Gasteiger partial charge in [0, 0.05) is 12.3 Å². The second-order valence-corrected chi connectivity index (χ2v) is 6.35. The Kier molecular flexibility index (Phi) is 3.89. The topological polar surface area (TPSA) is 84.2 Å². The molecule has 1 aliphatic carbocycles. The van der Waals surface area contributed by atoms with Gasteiger partial charge in [0.05, 0.1) is 5.92 Å². The van der Waals surface area contributed by atoms with E-state index in [4.69, 9.17) is 5.11 Å². The van der Waals surface area contributed by atoms with E-state index in [1.807, 2.05) is 13.8 Å². The van der Waals surface area contributed by atoms with Gasteiger partial charge in [0.15, 0.2) is 5.82 Å². The van der Waals surface area contributed by atoms with E-state index in [-0.39, 0.29) is 29.7 Å². The molecule has 6 heteroatoms. The van der Waals surface area contributed by atoms with Crippen molar-refractivity contribution in [3.63, 3.8) is 0 Å². The lowest BCUT2D eigenvalue weighted by molar-refractivity contribution is -0.137. The number of aromatic nitrogens is 2. The third-order valence-corrected chi connectivity index (χ3v) is 3.90. The van der Waals surface area contributed by atoms with E-state index in [0.29, 0.717) is 5.82 Å². The van der Waals surface area contributed by atoms with E-state index in [0.717, 1.165) is 0 Å². The standard InChI is InChI=1S/C15H21N3O3/c1-9(2)7-10-13(15(10,3)4)14(21)16-11-5-6-18(17-11)8-12(19)20/h5-7,10,13H,8H2,1-4H3,(H,19,20)(H,16,17,21). The molecule has 1 saturated carbocycles. The summed E-state index contributed by atoms with van der Waals surface area (Å²) >= 11 is 0. The first-order chi connectivity index (χ1) is 9.71. The van der Waals surface area contributed by atoms with Gasteiger partial charge >= 0.3 is 5.97 Å². The molecular weight excluding hydrogens is 270 g/mol. The Balaban J connectivity index is 2.01.